The van der Waals surface area contributed by atoms with Crippen molar-refractivity contribution in [2.24, 2.45) is 0 Å². The Morgan fingerprint density at radius 3 is 1.14 bits per heavy atom. The molecule has 4 N–H and O–H groups in total. The normalized spacial score (nSPS) is 6.86. The van der Waals surface area contributed by atoms with Crippen molar-refractivity contribution in [3.8, 4) is 0 Å². The van der Waals surface area contributed by atoms with Gasteiger partial charge < -0.3 is 20.4 Å². The van der Waals surface area contributed by atoms with Crippen molar-refractivity contribution < 1.29 is 20.4 Å². The van der Waals surface area contributed by atoms with E-state index in [1.165, 1.54) is 5.73 Å². The summed E-state index contributed by atoms with van der Waals surface area (Å²) in [5.74, 6) is -2.50. The Morgan fingerprint density at radius 2 is 1.14 bits per heavy atom. The van der Waals surface area contributed by atoms with Crippen molar-refractivity contribution in [2.75, 3.05) is 0 Å². The van der Waals surface area contributed by atoms with E-state index >= 15 is 0 Å². The van der Waals surface area contributed by atoms with Crippen LogP contribution < -0.4 is 0 Å². The average Bonchev–Trinajstić information content (AvgIpc) is 1.27. The standard InChI is InChI=1S/C3H4O4/c4-2(5)1-3(6)7/h4-7H. The molecule has 7 heavy (non-hydrogen) atoms. The van der Waals surface area contributed by atoms with Crippen molar-refractivity contribution in [2.45, 2.75) is 0 Å². The third kappa shape index (κ3) is 4.72. The summed E-state index contributed by atoms with van der Waals surface area (Å²) in [5, 5.41) is 31.0. The van der Waals surface area contributed by atoms with Gasteiger partial charge in [0.1, 0.15) is 0 Å². The SMILES string of the molecule is OC(O)=C=C(O)O. The van der Waals surface area contributed by atoms with Crippen LogP contribution in [-0.2, 0) is 0 Å². The fraction of sp³-hybridized carbons (Fsp3) is 0. The van der Waals surface area contributed by atoms with Crippen LogP contribution in [0, 0.1) is 0 Å². The first-order chi connectivity index (χ1) is 3.13. The summed E-state index contributed by atoms with van der Waals surface area (Å²) in [6.07, 6.45) is 0. The Bertz CT molecular complexity index is 98.9. The first-order valence-electron chi connectivity index (χ1n) is 1.39. The minimum Gasteiger partial charge on any atom is -0.475 e. The molecule has 0 unspecified atom stereocenters. The van der Waals surface area contributed by atoms with Gasteiger partial charge in [0.2, 0.25) is 0 Å². The highest BCUT2D eigenvalue weighted by Crippen LogP contribution is 1.76. The van der Waals surface area contributed by atoms with Crippen molar-refractivity contribution in [3.05, 3.63) is 17.6 Å². The van der Waals surface area contributed by atoms with E-state index < -0.39 is 11.9 Å². The van der Waals surface area contributed by atoms with E-state index in [2.05, 4.69) is 0 Å². The molecule has 0 amide bonds. The maximum Gasteiger partial charge on any atom is 0.329 e. The van der Waals surface area contributed by atoms with Gasteiger partial charge >= 0.3 is 11.9 Å². The Kier molecular flexibility index (Phi) is 1.63. The van der Waals surface area contributed by atoms with Crippen LogP contribution in [0.15, 0.2) is 17.6 Å². The molecule has 0 saturated heterocycles. The van der Waals surface area contributed by atoms with E-state index in [0.717, 1.165) is 0 Å². The Hall–Kier alpha value is -1.28. The third-order valence-corrected chi connectivity index (χ3v) is 0.224. The van der Waals surface area contributed by atoms with Crippen molar-refractivity contribution in [3.63, 3.8) is 0 Å². The maximum absolute atomic E-state index is 7.74. The van der Waals surface area contributed by atoms with E-state index in [1.807, 2.05) is 0 Å². The predicted molar refractivity (Wildman–Crippen MR) is 21.1 cm³/mol. The van der Waals surface area contributed by atoms with Gasteiger partial charge in [0, 0.05) is 0 Å². The van der Waals surface area contributed by atoms with Crippen LogP contribution in [0.4, 0.5) is 0 Å². The smallest absolute Gasteiger partial charge is 0.329 e. The largest absolute Gasteiger partial charge is 0.475 e. The highest BCUT2D eigenvalue weighted by atomic mass is 16.5. The number of hydrogen-bond donors (Lipinski definition) is 4. The molecule has 0 rings (SSSR count). The monoisotopic (exact) mass is 104 g/mol. The molecule has 0 aromatic carbocycles. The summed E-state index contributed by atoms with van der Waals surface area (Å²) < 4.78 is 0. The summed E-state index contributed by atoms with van der Waals surface area (Å²) in [5.41, 5.74) is 1.36. The van der Waals surface area contributed by atoms with E-state index in [4.69, 9.17) is 20.4 Å². The van der Waals surface area contributed by atoms with E-state index in [9.17, 15) is 0 Å². The van der Waals surface area contributed by atoms with Gasteiger partial charge in [-0.1, -0.05) is 0 Å². The molecule has 0 aromatic heterocycles. The molecule has 0 bridgehead atoms. The highest BCUT2D eigenvalue weighted by molar-refractivity contribution is 4.80. The van der Waals surface area contributed by atoms with Gasteiger partial charge in [0.15, 0.2) is 0 Å². The summed E-state index contributed by atoms with van der Waals surface area (Å²) in [4.78, 5) is 0. The lowest BCUT2D eigenvalue weighted by molar-refractivity contribution is 0.169. The van der Waals surface area contributed by atoms with Gasteiger partial charge in [-0.15, -0.1) is 0 Å². The lowest BCUT2D eigenvalue weighted by Gasteiger charge is -1.77. The first kappa shape index (κ1) is 5.72. The lowest BCUT2D eigenvalue weighted by Crippen LogP contribution is -1.74. The van der Waals surface area contributed by atoms with Gasteiger partial charge in [0.25, 0.3) is 0 Å². The second-order valence-electron chi connectivity index (χ2n) is 0.772. The zero-order valence-corrected chi connectivity index (χ0v) is 3.29. The van der Waals surface area contributed by atoms with Crippen LogP contribution in [0.5, 0.6) is 0 Å². The highest BCUT2D eigenvalue weighted by Gasteiger charge is 1.79. The van der Waals surface area contributed by atoms with E-state index in [0.29, 0.717) is 0 Å². The maximum atomic E-state index is 7.74. The van der Waals surface area contributed by atoms with Gasteiger partial charge in [0.05, 0.1) is 5.73 Å². The van der Waals surface area contributed by atoms with Crippen LogP contribution in [0.25, 0.3) is 0 Å². The van der Waals surface area contributed by atoms with Crippen LogP contribution >= 0.6 is 0 Å². The Balaban J connectivity index is 4.13. The molecule has 0 atom stereocenters. The van der Waals surface area contributed by atoms with Gasteiger partial charge in [-0.3, -0.25) is 0 Å². The molecule has 0 radical (unpaired) electrons. The second-order valence-corrected chi connectivity index (χ2v) is 0.772. The van der Waals surface area contributed by atoms with Crippen LogP contribution in [0.3, 0.4) is 0 Å². The molecular formula is C3H4O4. The van der Waals surface area contributed by atoms with E-state index in [-0.39, 0.29) is 0 Å². The van der Waals surface area contributed by atoms with Crippen LogP contribution in [-0.4, -0.2) is 20.4 Å². The molecule has 0 aliphatic heterocycles. The number of rotatable bonds is 0. The Morgan fingerprint density at radius 1 is 0.857 bits per heavy atom. The first-order valence-corrected chi connectivity index (χ1v) is 1.39. The van der Waals surface area contributed by atoms with Crippen LogP contribution in [0.2, 0.25) is 0 Å². The molecule has 0 saturated carbocycles. The quantitative estimate of drug-likeness (QED) is 0.266. The lowest BCUT2D eigenvalue weighted by atomic mass is 10.8. The number of aliphatic hydroxyl groups is 4. The molecule has 0 heterocycles. The zero-order chi connectivity index (χ0) is 5.86. The summed E-state index contributed by atoms with van der Waals surface area (Å²) >= 11 is 0. The minimum absolute atomic E-state index is 1.25. The topological polar surface area (TPSA) is 80.9 Å². The predicted octanol–water partition coefficient (Wildman–Crippen LogP) is 0.500. The molecule has 0 aromatic rings. The third-order valence-electron chi connectivity index (χ3n) is 0.224. The number of hydrogen-bond acceptors (Lipinski definition) is 4. The van der Waals surface area contributed by atoms with Crippen molar-refractivity contribution in [1.29, 1.82) is 0 Å². The molecule has 0 fully saturated rings. The average molecular weight is 104 g/mol. The zero-order valence-electron chi connectivity index (χ0n) is 3.29. The summed E-state index contributed by atoms with van der Waals surface area (Å²) in [6.45, 7) is 0. The fourth-order valence-corrected chi connectivity index (χ4v) is 0.100. The van der Waals surface area contributed by atoms with Gasteiger partial charge in [-0.25, -0.2) is 0 Å². The molecule has 0 aliphatic carbocycles. The molecule has 40 valence electrons. The van der Waals surface area contributed by atoms with Crippen molar-refractivity contribution in [1.82, 2.24) is 0 Å². The van der Waals surface area contributed by atoms with Crippen LogP contribution in [0.1, 0.15) is 0 Å². The van der Waals surface area contributed by atoms with E-state index in [1.54, 1.807) is 0 Å². The molecule has 4 nitrogen and oxygen atoms in total. The van der Waals surface area contributed by atoms with Gasteiger partial charge in [-0.2, -0.15) is 0 Å². The fourth-order valence-electron chi connectivity index (χ4n) is 0.100. The van der Waals surface area contributed by atoms with Gasteiger partial charge in [-0.05, 0) is 0 Å². The summed E-state index contributed by atoms with van der Waals surface area (Å²) in [6, 6.07) is 0. The Labute approximate surface area is 39.3 Å². The molecule has 0 aliphatic rings. The number of aliphatic hydroxyl groups excluding tert-OH is 2. The van der Waals surface area contributed by atoms with Crippen molar-refractivity contribution >= 4 is 0 Å². The molecule has 0 spiro atoms. The minimum atomic E-state index is -1.25. The molecular weight excluding hydrogens is 100 g/mol. The summed E-state index contributed by atoms with van der Waals surface area (Å²) in [7, 11) is 0. The second kappa shape index (κ2) is 2.00. The molecule has 4 heteroatoms.